The van der Waals surface area contributed by atoms with Gasteiger partial charge in [0.25, 0.3) is 0 Å². The van der Waals surface area contributed by atoms with Crippen molar-refractivity contribution in [2.24, 2.45) is 11.3 Å². The van der Waals surface area contributed by atoms with Gasteiger partial charge in [0.15, 0.2) is 0 Å². The van der Waals surface area contributed by atoms with Gasteiger partial charge in [-0.05, 0) is 36.7 Å². The molecule has 3 rings (SSSR count). The Kier molecular flexibility index (Phi) is 1.96. The summed E-state index contributed by atoms with van der Waals surface area (Å²) >= 11 is 0. The average Bonchev–Trinajstić information content (AvgIpc) is 2.65. The van der Waals surface area contributed by atoms with Crippen molar-refractivity contribution in [3.05, 3.63) is 22.8 Å². The Balaban J connectivity index is 2.14. The van der Waals surface area contributed by atoms with E-state index >= 15 is 0 Å². The second-order valence-corrected chi connectivity index (χ2v) is 6.40. The lowest BCUT2D eigenvalue weighted by atomic mass is 9.73. The van der Waals surface area contributed by atoms with Gasteiger partial charge in [-0.1, -0.05) is 19.9 Å². The van der Waals surface area contributed by atoms with Gasteiger partial charge in [0, 0.05) is 5.57 Å². The van der Waals surface area contributed by atoms with Crippen molar-refractivity contribution in [2.75, 3.05) is 6.61 Å². The number of ether oxygens (including phenoxy) is 1. The lowest BCUT2D eigenvalue weighted by Crippen LogP contribution is -2.37. The fourth-order valence-corrected chi connectivity index (χ4v) is 3.62. The summed E-state index contributed by atoms with van der Waals surface area (Å²) in [6, 6.07) is 0. The van der Waals surface area contributed by atoms with Crippen LogP contribution in [0.2, 0.25) is 0 Å². The number of carbonyl (C=O) groups is 1. The van der Waals surface area contributed by atoms with Crippen molar-refractivity contribution in [1.29, 1.82) is 0 Å². The highest BCUT2D eigenvalue weighted by Gasteiger charge is 2.49. The smallest absolute Gasteiger partial charge is 0.337 e. The Bertz CT molecular complexity index is 466. The number of allylic oxidation sites excluding steroid dienone is 1. The number of fused-ring (bicyclic) bond motifs is 2. The predicted octanol–water partition coefficient (Wildman–Crippen LogP) is 1.97. The van der Waals surface area contributed by atoms with Crippen LogP contribution in [0.1, 0.15) is 33.6 Å². The van der Waals surface area contributed by atoms with Crippen molar-refractivity contribution >= 4 is 5.97 Å². The molecule has 2 atom stereocenters. The molecule has 0 amide bonds. The Morgan fingerprint density at radius 2 is 2.06 bits per heavy atom. The van der Waals surface area contributed by atoms with Crippen molar-refractivity contribution in [3.8, 4) is 0 Å². The molecule has 1 heterocycles. The van der Waals surface area contributed by atoms with Gasteiger partial charge in [-0.3, -0.25) is 0 Å². The summed E-state index contributed by atoms with van der Waals surface area (Å²) in [7, 11) is 0. The van der Waals surface area contributed by atoms with Crippen molar-refractivity contribution in [1.82, 2.24) is 0 Å². The third-order valence-electron chi connectivity index (χ3n) is 4.14. The molecular formula is C14H18O3. The lowest BCUT2D eigenvalue weighted by Gasteiger charge is -2.34. The molecule has 0 aromatic heterocycles. The van der Waals surface area contributed by atoms with Gasteiger partial charge >= 0.3 is 5.97 Å². The summed E-state index contributed by atoms with van der Waals surface area (Å²) < 4.78 is 5.10. The molecule has 0 unspecified atom stereocenters. The molecule has 1 aliphatic heterocycles. The van der Waals surface area contributed by atoms with Crippen LogP contribution in [0.25, 0.3) is 0 Å². The zero-order valence-corrected chi connectivity index (χ0v) is 10.5. The van der Waals surface area contributed by atoms with Gasteiger partial charge < -0.3 is 9.84 Å². The Hall–Kier alpha value is -1.09. The normalized spacial score (nSPS) is 38.7. The Morgan fingerprint density at radius 3 is 2.76 bits per heavy atom. The maximum absolute atomic E-state index is 11.7. The molecule has 0 aromatic rings. The monoisotopic (exact) mass is 234 g/mol. The van der Waals surface area contributed by atoms with Crippen LogP contribution in [0, 0.1) is 11.3 Å². The summed E-state index contributed by atoms with van der Waals surface area (Å²) in [6.45, 7) is 6.47. The van der Waals surface area contributed by atoms with Crippen LogP contribution in [0.15, 0.2) is 22.8 Å². The largest absolute Gasteiger partial charge is 0.457 e. The van der Waals surface area contributed by atoms with E-state index in [0.717, 1.165) is 12.0 Å². The SMILES string of the molecule is CC1(C)C=C2C3=C(C(=O)OC3)[C@@](C)(O)C[C@@H]2C1. The fraction of sp³-hybridized carbons (Fsp3) is 0.643. The topological polar surface area (TPSA) is 46.5 Å². The van der Waals surface area contributed by atoms with Gasteiger partial charge in [0.1, 0.15) is 6.61 Å². The summed E-state index contributed by atoms with van der Waals surface area (Å²) in [6.07, 6.45) is 3.93. The van der Waals surface area contributed by atoms with E-state index in [2.05, 4.69) is 19.9 Å². The van der Waals surface area contributed by atoms with Gasteiger partial charge in [-0.25, -0.2) is 4.79 Å². The first-order chi connectivity index (χ1) is 7.80. The van der Waals surface area contributed by atoms with Crippen LogP contribution in [0.4, 0.5) is 0 Å². The van der Waals surface area contributed by atoms with E-state index in [1.807, 2.05) is 0 Å². The van der Waals surface area contributed by atoms with Gasteiger partial charge in [-0.15, -0.1) is 0 Å². The van der Waals surface area contributed by atoms with E-state index in [-0.39, 0.29) is 11.4 Å². The molecule has 0 saturated heterocycles. The highest BCUT2D eigenvalue weighted by molar-refractivity contribution is 5.95. The molecule has 3 aliphatic rings. The van der Waals surface area contributed by atoms with E-state index < -0.39 is 5.60 Å². The van der Waals surface area contributed by atoms with E-state index in [1.54, 1.807) is 6.92 Å². The van der Waals surface area contributed by atoms with Crippen molar-refractivity contribution in [3.63, 3.8) is 0 Å². The number of hydrogen-bond acceptors (Lipinski definition) is 3. The zero-order valence-electron chi connectivity index (χ0n) is 10.5. The molecule has 0 aromatic carbocycles. The van der Waals surface area contributed by atoms with Gasteiger partial charge in [-0.2, -0.15) is 0 Å². The van der Waals surface area contributed by atoms with Crippen LogP contribution in [-0.4, -0.2) is 23.3 Å². The number of esters is 1. The highest BCUT2D eigenvalue weighted by atomic mass is 16.5. The van der Waals surface area contributed by atoms with Crippen LogP contribution in [0.5, 0.6) is 0 Å². The standard InChI is InChI=1S/C14H18O3/c1-13(2)4-8-5-14(3,16)11-10(9(8)6-13)7-17-12(11)15/h6,8,16H,4-5,7H2,1-3H3/t8-,14-/m0/s1. The molecule has 0 fully saturated rings. The maximum atomic E-state index is 11.7. The number of rotatable bonds is 0. The summed E-state index contributed by atoms with van der Waals surface area (Å²) in [4.78, 5) is 11.7. The second kappa shape index (κ2) is 3.02. The minimum atomic E-state index is -1.02. The third-order valence-corrected chi connectivity index (χ3v) is 4.14. The molecule has 1 N–H and O–H groups in total. The number of cyclic esters (lactones) is 1. The van der Waals surface area contributed by atoms with E-state index in [9.17, 15) is 9.90 Å². The van der Waals surface area contributed by atoms with Crippen LogP contribution in [-0.2, 0) is 9.53 Å². The predicted molar refractivity (Wildman–Crippen MR) is 63.2 cm³/mol. The molecule has 0 bridgehead atoms. The van der Waals surface area contributed by atoms with Gasteiger partial charge in [0.05, 0.1) is 11.2 Å². The van der Waals surface area contributed by atoms with Crippen molar-refractivity contribution < 1.29 is 14.6 Å². The molecule has 3 heteroatoms. The van der Waals surface area contributed by atoms with E-state index in [4.69, 9.17) is 4.74 Å². The lowest BCUT2D eigenvalue weighted by molar-refractivity contribution is -0.138. The van der Waals surface area contributed by atoms with E-state index in [0.29, 0.717) is 24.5 Å². The van der Waals surface area contributed by atoms with Crippen LogP contribution >= 0.6 is 0 Å². The minimum absolute atomic E-state index is 0.157. The molecule has 0 spiro atoms. The molecule has 2 aliphatic carbocycles. The summed E-state index contributed by atoms with van der Waals surface area (Å²) in [5.74, 6) is 0.0299. The van der Waals surface area contributed by atoms with Gasteiger partial charge in [0.2, 0.25) is 0 Å². The number of carbonyl (C=O) groups excluding carboxylic acids is 1. The first-order valence-corrected chi connectivity index (χ1v) is 6.16. The minimum Gasteiger partial charge on any atom is -0.457 e. The summed E-state index contributed by atoms with van der Waals surface area (Å²) in [5.41, 5.74) is 1.82. The Morgan fingerprint density at radius 1 is 1.35 bits per heavy atom. The van der Waals surface area contributed by atoms with Crippen LogP contribution in [0.3, 0.4) is 0 Å². The Labute approximate surface area is 101 Å². The molecular weight excluding hydrogens is 216 g/mol. The molecule has 3 nitrogen and oxygen atoms in total. The first kappa shape index (κ1) is 11.0. The number of aliphatic hydroxyl groups is 1. The van der Waals surface area contributed by atoms with Crippen LogP contribution < -0.4 is 0 Å². The molecule has 92 valence electrons. The molecule has 0 saturated carbocycles. The zero-order chi connectivity index (χ0) is 12.4. The van der Waals surface area contributed by atoms with Crippen molar-refractivity contribution in [2.45, 2.75) is 39.2 Å². The fourth-order valence-electron chi connectivity index (χ4n) is 3.62. The third kappa shape index (κ3) is 1.48. The molecule has 17 heavy (non-hydrogen) atoms. The second-order valence-electron chi connectivity index (χ2n) is 6.40. The average molecular weight is 234 g/mol. The summed E-state index contributed by atoms with van der Waals surface area (Å²) in [5, 5.41) is 10.4. The molecule has 0 radical (unpaired) electrons. The number of hydrogen-bond donors (Lipinski definition) is 1. The quantitative estimate of drug-likeness (QED) is 0.652. The maximum Gasteiger partial charge on any atom is 0.337 e. The van der Waals surface area contributed by atoms with E-state index in [1.165, 1.54) is 5.57 Å². The highest BCUT2D eigenvalue weighted by Crippen LogP contribution is 2.52. The first-order valence-electron chi connectivity index (χ1n) is 6.16.